The normalized spacial score (nSPS) is 23.3. The van der Waals surface area contributed by atoms with Gasteiger partial charge in [-0.25, -0.2) is 0 Å². The van der Waals surface area contributed by atoms with Gasteiger partial charge in [-0.05, 0) is 38.2 Å². The molecule has 0 N–H and O–H groups in total. The highest BCUT2D eigenvalue weighted by atomic mass is 32.2. The predicted octanol–water partition coefficient (Wildman–Crippen LogP) is 2.68. The summed E-state index contributed by atoms with van der Waals surface area (Å²) in [7, 11) is -1.74. The Morgan fingerprint density at radius 2 is 1.72 bits per heavy atom. The van der Waals surface area contributed by atoms with Gasteiger partial charge in [-0.1, -0.05) is 49.1 Å². The highest BCUT2D eigenvalue weighted by Gasteiger charge is 2.53. The molecule has 160 valence electrons. The summed E-state index contributed by atoms with van der Waals surface area (Å²) in [5, 5.41) is 0. The summed E-state index contributed by atoms with van der Waals surface area (Å²) in [5.74, 6) is 0.167. The molecule has 3 fully saturated rings. The van der Waals surface area contributed by atoms with Crippen LogP contribution in [-0.2, 0) is 20.4 Å². The zero-order valence-corrected chi connectivity index (χ0v) is 18.5. The molecule has 0 bridgehead atoms. The van der Waals surface area contributed by atoms with E-state index < -0.39 is 10.2 Å². The Morgan fingerprint density at radius 3 is 2.31 bits per heavy atom. The first-order chi connectivity index (χ1) is 13.8. The van der Waals surface area contributed by atoms with Gasteiger partial charge in [-0.15, -0.1) is 0 Å². The van der Waals surface area contributed by atoms with E-state index in [9.17, 15) is 13.2 Å². The van der Waals surface area contributed by atoms with Gasteiger partial charge in [0, 0.05) is 39.3 Å². The van der Waals surface area contributed by atoms with Gasteiger partial charge >= 0.3 is 0 Å². The van der Waals surface area contributed by atoms with Crippen LogP contribution < -0.4 is 0 Å². The minimum atomic E-state index is -3.46. The molecule has 7 heteroatoms. The molecule has 2 saturated carbocycles. The largest absolute Gasteiger partial charge is 0.339 e. The quantitative estimate of drug-likeness (QED) is 0.737. The van der Waals surface area contributed by atoms with Crippen LogP contribution >= 0.6 is 0 Å². The molecule has 4 rings (SSSR count). The first-order valence-electron chi connectivity index (χ1n) is 10.9. The standard InChI is InChI=1S/C22H33N3O3S/c1-18-7-6-8-19(17-18)22(11-12-22)21(26)24-13-15-25(16-14-24)29(27,28)23(2)20-9-4-3-5-10-20/h6-8,17,20H,3-5,9-16H2,1-2H3. The second kappa shape index (κ2) is 8.00. The first-order valence-corrected chi connectivity index (χ1v) is 12.3. The van der Waals surface area contributed by atoms with E-state index in [4.69, 9.17) is 0 Å². The van der Waals surface area contributed by atoms with Crippen LogP contribution in [-0.4, -0.2) is 67.1 Å². The molecule has 6 nitrogen and oxygen atoms in total. The van der Waals surface area contributed by atoms with Crippen molar-refractivity contribution >= 4 is 16.1 Å². The minimum Gasteiger partial charge on any atom is -0.339 e. The third-order valence-corrected chi connectivity index (χ3v) is 9.08. The van der Waals surface area contributed by atoms with E-state index in [1.165, 1.54) is 12.0 Å². The van der Waals surface area contributed by atoms with Crippen LogP contribution in [0.4, 0.5) is 0 Å². The topological polar surface area (TPSA) is 60.9 Å². The lowest BCUT2D eigenvalue weighted by Gasteiger charge is -2.39. The molecule has 3 aliphatic rings. The molecule has 1 aromatic carbocycles. The average Bonchev–Trinajstić information content (AvgIpc) is 3.55. The highest BCUT2D eigenvalue weighted by Crippen LogP contribution is 2.50. The van der Waals surface area contributed by atoms with E-state index in [-0.39, 0.29) is 17.4 Å². The van der Waals surface area contributed by atoms with Crippen molar-refractivity contribution in [2.24, 2.45) is 0 Å². The summed E-state index contributed by atoms with van der Waals surface area (Å²) in [6.07, 6.45) is 7.09. The van der Waals surface area contributed by atoms with E-state index >= 15 is 0 Å². The SMILES string of the molecule is Cc1cccc(C2(C(=O)N3CCN(S(=O)(=O)N(C)C4CCCCC4)CC3)CC2)c1. The Balaban J connectivity index is 1.39. The highest BCUT2D eigenvalue weighted by molar-refractivity contribution is 7.86. The van der Waals surface area contributed by atoms with Gasteiger partial charge < -0.3 is 4.90 Å². The van der Waals surface area contributed by atoms with Crippen molar-refractivity contribution in [3.63, 3.8) is 0 Å². The number of aryl methyl sites for hydroxylation is 1. The maximum atomic E-state index is 13.3. The third-order valence-electron chi connectivity index (χ3n) is 7.04. The number of amides is 1. The van der Waals surface area contributed by atoms with Crippen LogP contribution in [0.5, 0.6) is 0 Å². The lowest BCUT2D eigenvalue weighted by molar-refractivity contribution is -0.135. The maximum absolute atomic E-state index is 13.3. The monoisotopic (exact) mass is 419 g/mol. The van der Waals surface area contributed by atoms with Crippen LogP contribution in [0.1, 0.15) is 56.1 Å². The number of carbonyl (C=O) groups excluding carboxylic acids is 1. The Bertz CT molecular complexity index is 852. The van der Waals surface area contributed by atoms with E-state index in [1.807, 2.05) is 11.0 Å². The molecule has 1 amide bonds. The molecule has 2 aliphatic carbocycles. The number of nitrogens with zero attached hydrogens (tertiary/aromatic N) is 3. The second-order valence-corrected chi connectivity index (χ2v) is 10.9. The van der Waals surface area contributed by atoms with Crippen molar-refractivity contribution in [3.8, 4) is 0 Å². The van der Waals surface area contributed by atoms with E-state index in [1.54, 1.807) is 15.7 Å². The fourth-order valence-electron chi connectivity index (χ4n) is 4.93. The predicted molar refractivity (Wildman–Crippen MR) is 114 cm³/mol. The van der Waals surface area contributed by atoms with Gasteiger partial charge in [-0.2, -0.15) is 17.0 Å². The molecule has 29 heavy (non-hydrogen) atoms. The van der Waals surface area contributed by atoms with Crippen LogP contribution in [0.2, 0.25) is 0 Å². The molecular weight excluding hydrogens is 386 g/mol. The Kier molecular flexibility index (Phi) is 5.75. The van der Waals surface area contributed by atoms with Gasteiger partial charge in [0.1, 0.15) is 0 Å². The van der Waals surface area contributed by atoms with Crippen molar-refractivity contribution in [3.05, 3.63) is 35.4 Å². The molecule has 0 radical (unpaired) electrons. The van der Waals surface area contributed by atoms with Crippen LogP contribution in [0.3, 0.4) is 0 Å². The van der Waals surface area contributed by atoms with Gasteiger partial charge in [0.05, 0.1) is 5.41 Å². The van der Waals surface area contributed by atoms with Crippen molar-refractivity contribution in [1.82, 2.24) is 13.5 Å². The molecule has 0 spiro atoms. The molecule has 0 unspecified atom stereocenters. The fraction of sp³-hybridized carbons (Fsp3) is 0.682. The van der Waals surface area contributed by atoms with Crippen molar-refractivity contribution in [2.75, 3.05) is 33.2 Å². The fourth-order valence-corrected chi connectivity index (χ4v) is 6.51. The summed E-state index contributed by atoms with van der Waals surface area (Å²) >= 11 is 0. The molecule has 1 aliphatic heterocycles. The first kappa shape index (κ1) is 20.8. The Morgan fingerprint density at radius 1 is 1.07 bits per heavy atom. The van der Waals surface area contributed by atoms with Crippen LogP contribution in [0.25, 0.3) is 0 Å². The lowest BCUT2D eigenvalue weighted by atomic mass is 9.93. The molecular formula is C22H33N3O3S. The van der Waals surface area contributed by atoms with Crippen LogP contribution in [0.15, 0.2) is 24.3 Å². The zero-order valence-electron chi connectivity index (χ0n) is 17.6. The van der Waals surface area contributed by atoms with Gasteiger partial charge in [-0.3, -0.25) is 4.79 Å². The van der Waals surface area contributed by atoms with Gasteiger partial charge in [0.2, 0.25) is 5.91 Å². The summed E-state index contributed by atoms with van der Waals surface area (Å²) in [5.41, 5.74) is 1.89. The maximum Gasteiger partial charge on any atom is 0.282 e. The van der Waals surface area contributed by atoms with Crippen molar-refractivity contribution in [2.45, 2.75) is 63.3 Å². The Hall–Kier alpha value is -1.44. The smallest absolute Gasteiger partial charge is 0.282 e. The number of carbonyl (C=O) groups is 1. The molecule has 1 aromatic rings. The lowest BCUT2D eigenvalue weighted by Crippen LogP contribution is -2.56. The van der Waals surface area contributed by atoms with Crippen molar-refractivity contribution in [1.29, 1.82) is 0 Å². The minimum absolute atomic E-state index is 0.115. The van der Waals surface area contributed by atoms with E-state index in [0.717, 1.165) is 44.1 Å². The van der Waals surface area contributed by atoms with Crippen LogP contribution in [0, 0.1) is 6.92 Å². The number of rotatable bonds is 5. The summed E-state index contributed by atoms with van der Waals surface area (Å²) in [6, 6.07) is 8.35. The molecule has 0 atom stereocenters. The second-order valence-electron chi connectivity index (χ2n) is 8.96. The summed E-state index contributed by atoms with van der Waals surface area (Å²) in [6.45, 7) is 3.77. The molecule has 0 aromatic heterocycles. The third kappa shape index (κ3) is 3.97. The molecule has 1 heterocycles. The zero-order chi connectivity index (χ0) is 20.6. The molecule has 1 saturated heterocycles. The van der Waals surface area contributed by atoms with E-state index in [2.05, 4.69) is 25.1 Å². The average molecular weight is 420 g/mol. The number of hydrogen-bond donors (Lipinski definition) is 0. The van der Waals surface area contributed by atoms with Gasteiger partial charge in [0.25, 0.3) is 10.2 Å². The number of hydrogen-bond acceptors (Lipinski definition) is 3. The summed E-state index contributed by atoms with van der Waals surface area (Å²) < 4.78 is 29.3. The Labute approximate surface area is 175 Å². The van der Waals surface area contributed by atoms with Crippen molar-refractivity contribution < 1.29 is 13.2 Å². The van der Waals surface area contributed by atoms with Gasteiger partial charge in [0.15, 0.2) is 0 Å². The van der Waals surface area contributed by atoms with E-state index in [0.29, 0.717) is 26.2 Å². The number of piperazine rings is 1. The summed E-state index contributed by atoms with van der Waals surface area (Å²) in [4.78, 5) is 15.2. The number of benzene rings is 1.